The van der Waals surface area contributed by atoms with Gasteiger partial charge in [0.05, 0.1) is 7.11 Å². The van der Waals surface area contributed by atoms with Gasteiger partial charge in [0.2, 0.25) is 0 Å². The summed E-state index contributed by atoms with van der Waals surface area (Å²) in [7, 11) is 1.40. The second-order valence-electron chi connectivity index (χ2n) is 8.88. The van der Waals surface area contributed by atoms with Crippen molar-refractivity contribution < 1.29 is 9.53 Å². The molecule has 0 saturated carbocycles. The van der Waals surface area contributed by atoms with Gasteiger partial charge in [0.1, 0.15) is 5.25 Å². The molecule has 34 heavy (non-hydrogen) atoms. The molecule has 4 aromatic rings. The minimum atomic E-state index is -0.569. The molecular weight excluding hydrogens is 510 g/mol. The van der Waals surface area contributed by atoms with Crippen LogP contribution >= 0.6 is 27.7 Å². The van der Waals surface area contributed by atoms with Crippen LogP contribution in [-0.2, 0) is 14.9 Å². The van der Waals surface area contributed by atoms with Crippen molar-refractivity contribution in [1.82, 2.24) is 14.8 Å². The smallest absolute Gasteiger partial charge is 0.323 e. The zero-order chi connectivity index (χ0) is 24.3. The van der Waals surface area contributed by atoms with Crippen LogP contribution < -0.4 is 0 Å². The topological polar surface area (TPSA) is 57.0 Å². The summed E-state index contributed by atoms with van der Waals surface area (Å²) in [6.45, 7) is 6.58. The Morgan fingerprint density at radius 3 is 2.18 bits per heavy atom. The molecule has 0 radical (unpaired) electrons. The average molecular weight is 536 g/mol. The molecule has 4 rings (SSSR count). The van der Waals surface area contributed by atoms with Gasteiger partial charge in [0.25, 0.3) is 0 Å². The lowest BCUT2D eigenvalue weighted by atomic mass is 9.87. The Bertz CT molecular complexity index is 1260. The average Bonchev–Trinajstić information content (AvgIpc) is 3.26. The van der Waals surface area contributed by atoms with Crippen molar-refractivity contribution in [2.45, 2.75) is 36.6 Å². The van der Waals surface area contributed by atoms with E-state index in [0.29, 0.717) is 11.0 Å². The fourth-order valence-corrected chi connectivity index (χ4v) is 4.91. The molecule has 174 valence electrons. The summed E-state index contributed by atoms with van der Waals surface area (Å²) < 4.78 is 8.08. The van der Waals surface area contributed by atoms with Crippen molar-refractivity contribution in [1.29, 1.82) is 0 Å². The fraction of sp³-hybridized carbons (Fsp3) is 0.222. The lowest BCUT2D eigenvalue weighted by molar-refractivity contribution is -0.140. The number of nitrogens with zero attached hydrogens (tertiary/aromatic N) is 3. The summed E-state index contributed by atoms with van der Waals surface area (Å²) in [5.74, 6) is 0.375. The number of halogens is 1. The second-order valence-corrected chi connectivity index (χ2v) is 10.9. The van der Waals surface area contributed by atoms with Gasteiger partial charge in [0.15, 0.2) is 11.0 Å². The van der Waals surface area contributed by atoms with E-state index in [1.807, 2.05) is 59.2 Å². The van der Waals surface area contributed by atoms with Gasteiger partial charge in [-0.2, -0.15) is 0 Å². The standard InChI is InChI=1S/C27H26BrN3O2S/c1-27(2,3)20-12-10-19(11-13-20)24-29-30-26(31(24)22-16-14-21(28)15-17-22)34-23(25(32)33-4)18-8-6-5-7-9-18/h5-17,23H,1-4H3/t23-/m1/s1. The summed E-state index contributed by atoms with van der Waals surface area (Å²) in [6, 6.07) is 25.9. The lowest BCUT2D eigenvalue weighted by Gasteiger charge is -2.19. The van der Waals surface area contributed by atoms with Crippen molar-refractivity contribution in [2.75, 3.05) is 7.11 Å². The minimum absolute atomic E-state index is 0.0579. The zero-order valence-electron chi connectivity index (χ0n) is 19.5. The molecule has 1 heterocycles. The third kappa shape index (κ3) is 5.26. The SMILES string of the molecule is COC(=O)[C@H](Sc1nnc(-c2ccc(C(C)(C)C)cc2)n1-c1ccc(Br)cc1)c1ccccc1. The van der Waals surface area contributed by atoms with Gasteiger partial charge in [-0.25, -0.2) is 0 Å². The molecule has 7 heteroatoms. The normalized spacial score (nSPS) is 12.4. The first-order valence-corrected chi connectivity index (χ1v) is 12.6. The maximum Gasteiger partial charge on any atom is 0.323 e. The molecule has 0 amide bonds. The van der Waals surface area contributed by atoms with Crippen molar-refractivity contribution in [2.24, 2.45) is 0 Å². The number of esters is 1. The third-order valence-electron chi connectivity index (χ3n) is 5.47. The molecular formula is C27H26BrN3O2S. The molecule has 3 aromatic carbocycles. The van der Waals surface area contributed by atoms with Crippen LogP contribution in [0.4, 0.5) is 0 Å². The summed E-state index contributed by atoms with van der Waals surface area (Å²) in [5.41, 5.74) is 4.01. The lowest BCUT2D eigenvalue weighted by Crippen LogP contribution is -2.12. The number of carbonyl (C=O) groups excluding carboxylic acids is 1. The summed E-state index contributed by atoms with van der Waals surface area (Å²) in [5, 5.41) is 9.08. The highest BCUT2D eigenvalue weighted by Gasteiger charge is 2.27. The van der Waals surface area contributed by atoms with Crippen LogP contribution in [0.3, 0.4) is 0 Å². The Morgan fingerprint density at radius 1 is 0.941 bits per heavy atom. The van der Waals surface area contributed by atoms with E-state index in [-0.39, 0.29) is 11.4 Å². The Labute approximate surface area is 212 Å². The number of ether oxygens (including phenoxy) is 1. The number of rotatable bonds is 6. The quantitative estimate of drug-likeness (QED) is 0.196. The fourth-order valence-electron chi connectivity index (χ4n) is 3.57. The molecule has 0 N–H and O–H groups in total. The Hall–Kier alpha value is -2.90. The van der Waals surface area contributed by atoms with E-state index in [0.717, 1.165) is 21.3 Å². The number of carbonyl (C=O) groups is 1. The first kappa shape index (κ1) is 24.2. The number of aromatic nitrogens is 3. The molecule has 0 bridgehead atoms. The van der Waals surface area contributed by atoms with E-state index in [2.05, 4.69) is 71.2 Å². The van der Waals surface area contributed by atoms with Gasteiger partial charge >= 0.3 is 5.97 Å². The van der Waals surface area contributed by atoms with E-state index < -0.39 is 5.25 Å². The first-order valence-electron chi connectivity index (χ1n) is 10.9. The Kier molecular flexibility index (Phi) is 7.24. The monoisotopic (exact) mass is 535 g/mol. The molecule has 1 aromatic heterocycles. The van der Waals surface area contributed by atoms with Crippen LogP contribution in [0.15, 0.2) is 88.5 Å². The van der Waals surface area contributed by atoms with E-state index in [1.165, 1.54) is 24.4 Å². The van der Waals surface area contributed by atoms with E-state index in [4.69, 9.17) is 4.74 Å². The number of hydrogen-bond acceptors (Lipinski definition) is 5. The van der Waals surface area contributed by atoms with E-state index in [1.54, 1.807) is 0 Å². The van der Waals surface area contributed by atoms with Crippen LogP contribution in [0.25, 0.3) is 17.1 Å². The molecule has 5 nitrogen and oxygen atoms in total. The largest absolute Gasteiger partial charge is 0.468 e. The van der Waals surface area contributed by atoms with E-state index >= 15 is 0 Å². The van der Waals surface area contributed by atoms with Crippen molar-refractivity contribution in [3.05, 3.63) is 94.5 Å². The van der Waals surface area contributed by atoms with Gasteiger partial charge in [-0.15, -0.1) is 10.2 Å². The van der Waals surface area contributed by atoms with Crippen molar-refractivity contribution >= 4 is 33.7 Å². The van der Waals surface area contributed by atoms with Gasteiger partial charge in [-0.3, -0.25) is 9.36 Å². The highest BCUT2D eigenvalue weighted by molar-refractivity contribution is 9.10. The third-order valence-corrected chi connectivity index (χ3v) is 7.17. The van der Waals surface area contributed by atoms with Crippen LogP contribution in [0.5, 0.6) is 0 Å². The van der Waals surface area contributed by atoms with Gasteiger partial charge in [0, 0.05) is 15.7 Å². The number of thioether (sulfide) groups is 1. The molecule has 0 aliphatic rings. The summed E-state index contributed by atoms with van der Waals surface area (Å²) in [4.78, 5) is 12.7. The molecule has 0 saturated heterocycles. The van der Waals surface area contributed by atoms with Gasteiger partial charge < -0.3 is 4.74 Å². The zero-order valence-corrected chi connectivity index (χ0v) is 21.9. The maximum atomic E-state index is 12.7. The predicted molar refractivity (Wildman–Crippen MR) is 140 cm³/mol. The van der Waals surface area contributed by atoms with Gasteiger partial charge in [-0.1, -0.05) is 103 Å². The molecule has 0 fully saturated rings. The maximum absolute atomic E-state index is 12.7. The predicted octanol–water partition coefficient (Wildman–Crippen LogP) is 7.00. The Balaban J connectivity index is 1.81. The Morgan fingerprint density at radius 2 is 1.59 bits per heavy atom. The van der Waals surface area contributed by atoms with Gasteiger partial charge in [-0.05, 0) is 40.8 Å². The summed E-state index contributed by atoms with van der Waals surface area (Å²) in [6.07, 6.45) is 0. The van der Waals surface area contributed by atoms with Crippen LogP contribution in [0, 0.1) is 0 Å². The van der Waals surface area contributed by atoms with Crippen molar-refractivity contribution in [3.63, 3.8) is 0 Å². The highest BCUT2D eigenvalue weighted by Crippen LogP contribution is 2.38. The highest BCUT2D eigenvalue weighted by atomic mass is 79.9. The van der Waals surface area contributed by atoms with Crippen LogP contribution in [0.1, 0.15) is 37.1 Å². The molecule has 0 unspecified atom stereocenters. The van der Waals surface area contributed by atoms with Crippen LogP contribution in [0.2, 0.25) is 0 Å². The number of hydrogen-bond donors (Lipinski definition) is 0. The first-order chi connectivity index (χ1) is 16.3. The summed E-state index contributed by atoms with van der Waals surface area (Å²) >= 11 is 4.84. The molecule has 1 atom stereocenters. The molecule has 0 spiro atoms. The second kappa shape index (κ2) is 10.2. The van der Waals surface area contributed by atoms with E-state index in [9.17, 15) is 4.79 Å². The number of benzene rings is 3. The molecule has 0 aliphatic heterocycles. The van der Waals surface area contributed by atoms with Crippen LogP contribution in [-0.4, -0.2) is 27.8 Å². The van der Waals surface area contributed by atoms with Crippen molar-refractivity contribution in [3.8, 4) is 17.1 Å². The minimum Gasteiger partial charge on any atom is -0.468 e. The molecule has 0 aliphatic carbocycles. The number of methoxy groups -OCH3 is 1.